The van der Waals surface area contributed by atoms with Gasteiger partial charge in [-0.25, -0.2) is 0 Å². The van der Waals surface area contributed by atoms with E-state index in [4.69, 9.17) is 5.73 Å². The minimum absolute atomic E-state index is 0.137. The summed E-state index contributed by atoms with van der Waals surface area (Å²) < 4.78 is 0. The quantitative estimate of drug-likeness (QED) is 0.641. The number of nitrogens with two attached hydrogens (primary N) is 1. The van der Waals surface area contributed by atoms with Crippen molar-refractivity contribution < 1.29 is 4.79 Å². The molecular formula is C7H13N5O. The van der Waals surface area contributed by atoms with E-state index in [1.165, 1.54) is 6.20 Å². The van der Waals surface area contributed by atoms with Crippen LogP contribution in [0.5, 0.6) is 0 Å². The zero-order chi connectivity index (χ0) is 9.68. The van der Waals surface area contributed by atoms with Crippen molar-refractivity contribution in [3.63, 3.8) is 0 Å². The number of aromatic amines is 1. The van der Waals surface area contributed by atoms with Gasteiger partial charge in [0.05, 0.1) is 6.20 Å². The fraction of sp³-hybridized carbons (Fsp3) is 0.571. The second kappa shape index (κ2) is 4.56. The normalized spacial score (nSPS) is 10.0. The van der Waals surface area contributed by atoms with Gasteiger partial charge >= 0.3 is 0 Å². The maximum atomic E-state index is 11.5. The molecular weight excluding hydrogens is 170 g/mol. The number of aromatic nitrogens is 3. The number of hydrogen-bond acceptors (Lipinski definition) is 4. The molecule has 0 aromatic carbocycles. The van der Waals surface area contributed by atoms with Crippen LogP contribution in [0.25, 0.3) is 0 Å². The SMILES string of the molecule is CN(CCCN)C(=O)c1cn[nH]n1. The summed E-state index contributed by atoms with van der Waals surface area (Å²) in [6.07, 6.45) is 2.20. The second-order valence-corrected chi connectivity index (χ2v) is 2.72. The molecule has 0 fully saturated rings. The number of carbonyl (C=O) groups excluding carboxylic acids is 1. The fourth-order valence-corrected chi connectivity index (χ4v) is 0.930. The summed E-state index contributed by atoms with van der Waals surface area (Å²) in [6, 6.07) is 0. The van der Waals surface area contributed by atoms with Crippen LogP contribution in [0.2, 0.25) is 0 Å². The molecule has 1 rings (SSSR count). The number of hydrogen-bond donors (Lipinski definition) is 2. The minimum atomic E-state index is -0.137. The number of nitrogens with zero attached hydrogens (tertiary/aromatic N) is 3. The highest BCUT2D eigenvalue weighted by Crippen LogP contribution is 1.96. The van der Waals surface area contributed by atoms with Crippen LogP contribution < -0.4 is 5.73 Å². The molecule has 0 saturated carbocycles. The van der Waals surface area contributed by atoms with E-state index in [1.54, 1.807) is 11.9 Å². The summed E-state index contributed by atoms with van der Waals surface area (Å²) in [5.41, 5.74) is 5.66. The van der Waals surface area contributed by atoms with E-state index in [1.807, 2.05) is 0 Å². The number of nitrogens with one attached hydrogen (secondary N) is 1. The highest BCUT2D eigenvalue weighted by atomic mass is 16.2. The molecule has 3 N–H and O–H groups in total. The van der Waals surface area contributed by atoms with Gasteiger partial charge in [-0.15, -0.1) is 0 Å². The summed E-state index contributed by atoms with van der Waals surface area (Å²) in [6.45, 7) is 1.22. The predicted octanol–water partition coefficient (Wildman–Crippen LogP) is -0.774. The summed E-state index contributed by atoms with van der Waals surface area (Å²) >= 11 is 0. The summed E-state index contributed by atoms with van der Waals surface area (Å²) in [7, 11) is 1.71. The molecule has 6 nitrogen and oxygen atoms in total. The Bertz CT molecular complexity index is 258. The van der Waals surface area contributed by atoms with E-state index < -0.39 is 0 Å². The average Bonchev–Trinajstić information content (AvgIpc) is 2.65. The van der Waals surface area contributed by atoms with Crippen molar-refractivity contribution in [1.82, 2.24) is 20.3 Å². The molecule has 13 heavy (non-hydrogen) atoms. The molecule has 0 aliphatic carbocycles. The number of H-pyrrole nitrogens is 1. The van der Waals surface area contributed by atoms with Crippen molar-refractivity contribution in [2.45, 2.75) is 6.42 Å². The van der Waals surface area contributed by atoms with E-state index in [-0.39, 0.29) is 5.91 Å². The van der Waals surface area contributed by atoms with Crippen LogP contribution in [0.4, 0.5) is 0 Å². The molecule has 0 spiro atoms. The van der Waals surface area contributed by atoms with Gasteiger partial charge < -0.3 is 10.6 Å². The smallest absolute Gasteiger partial charge is 0.275 e. The van der Waals surface area contributed by atoms with Gasteiger partial charge in [0.1, 0.15) is 0 Å². The fourth-order valence-electron chi connectivity index (χ4n) is 0.930. The van der Waals surface area contributed by atoms with E-state index in [0.717, 1.165) is 6.42 Å². The van der Waals surface area contributed by atoms with Gasteiger partial charge in [-0.3, -0.25) is 4.79 Å². The minimum Gasteiger partial charge on any atom is -0.340 e. The molecule has 6 heteroatoms. The maximum absolute atomic E-state index is 11.5. The predicted molar refractivity (Wildman–Crippen MR) is 47.0 cm³/mol. The zero-order valence-electron chi connectivity index (χ0n) is 7.53. The van der Waals surface area contributed by atoms with Gasteiger partial charge in [-0.2, -0.15) is 15.4 Å². The van der Waals surface area contributed by atoms with Crippen molar-refractivity contribution in [2.75, 3.05) is 20.1 Å². The Morgan fingerprint density at radius 2 is 2.54 bits per heavy atom. The van der Waals surface area contributed by atoms with Crippen molar-refractivity contribution in [1.29, 1.82) is 0 Å². The Hall–Kier alpha value is -1.43. The molecule has 0 saturated heterocycles. The molecule has 1 amide bonds. The highest BCUT2D eigenvalue weighted by molar-refractivity contribution is 5.91. The lowest BCUT2D eigenvalue weighted by atomic mass is 10.3. The van der Waals surface area contributed by atoms with Crippen LogP contribution in [0.1, 0.15) is 16.9 Å². The van der Waals surface area contributed by atoms with Gasteiger partial charge in [0, 0.05) is 13.6 Å². The first-order chi connectivity index (χ1) is 6.25. The number of amides is 1. The number of carbonyl (C=O) groups is 1. The third kappa shape index (κ3) is 2.51. The summed E-state index contributed by atoms with van der Waals surface area (Å²) in [5.74, 6) is -0.137. The third-order valence-electron chi connectivity index (χ3n) is 1.68. The Morgan fingerprint density at radius 1 is 1.77 bits per heavy atom. The molecule has 0 atom stereocenters. The average molecular weight is 183 g/mol. The molecule has 0 aliphatic rings. The van der Waals surface area contributed by atoms with Gasteiger partial charge in [0.25, 0.3) is 5.91 Å². The van der Waals surface area contributed by atoms with Crippen molar-refractivity contribution in [2.24, 2.45) is 5.73 Å². The lowest BCUT2D eigenvalue weighted by Crippen LogP contribution is -2.29. The summed E-state index contributed by atoms with van der Waals surface area (Å²) in [4.78, 5) is 13.0. The van der Waals surface area contributed by atoms with Crippen molar-refractivity contribution in [3.05, 3.63) is 11.9 Å². The first-order valence-corrected chi connectivity index (χ1v) is 4.07. The second-order valence-electron chi connectivity index (χ2n) is 2.72. The lowest BCUT2D eigenvalue weighted by Gasteiger charge is -2.14. The standard InChI is InChI=1S/C7H13N5O/c1-12(4-2-3-8)7(13)6-5-9-11-10-6/h5H,2-4,8H2,1H3,(H,9,10,11). The van der Waals surface area contributed by atoms with Crippen molar-refractivity contribution in [3.8, 4) is 0 Å². The Labute approximate surface area is 76.1 Å². The van der Waals surface area contributed by atoms with Crippen LogP contribution in [0.3, 0.4) is 0 Å². The van der Waals surface area contributed by atoms with E-state index in [2.05, 4.69) is 15.4 Å². The lowest BCUT2D eigenvalue weighted by molar-refractivity contribution is 0.0788. The van der Waals surface area contributed by atoms with E-state index >= 15 is 0 Å². The number of rotatable bonds is 4. The molecule has 1 aromatic rings. The van der Waals surface area contributed by atoms with Crippen LogP contribution in [0, 0.1) is 0 Å². The van der Waals surface area contributed by atoms with E-state index in [0.29, 0.717) is 18.8 Å². The van der Waals surface area contributed by atoms with Gasteiger partial charge in [-0.1, -0.05) is 0 Å². The molecule has 0 radical (unpaired) electrons. The Kier molecular flexibility index (Phi) is 3.39. The third-order valence-corrected chi connectivity index (χ3v) is 1.68. The first-order valence-electron chi connectivity index (χ1n) is 4.07. The molecule has 0 aliphatic heterocycles. The largest absolute Gasteiger partial charge is 0.340 e. The van der Waals surface area contributed by atoms with Crippen LogP contribution in [-0.4, -0.2) is 46.4 Å². The molecule has 1 heterocycles. The summed E-state index contributed by atoms with van der Waals surface area (Å²) in [5, 5.41) is 9.63. The first kappa shape index (κ1) is 9.66. The van der Waals surface area contributed by atoms with Gasteiger partial charge in [0.2, 0.25) is 0 Å². The topological polar surface area (TPSA) is 87.9 Å². The highest BCUT2D eigenvalue weighted by Gasteiger charge is 2.12. The molecule has 0 bridgehead atoms. The Balaban J connectivity index is 2.48. The van der Waals surface area contributed by atoms with E-state index in [9.17, 15) is 4.79 Å². The van der Waals surface area contributed by atoms with Crippen LogP contribution >= 0.6 is 0 Å². The molecule has 1 aromatic heterocycles. The van der Waals surface area contributed by atoms with Crippen LogP contribution in [0.15, 0.2) is 6.20 Å². The van der Waals surface area contributed by atoms with Gasteiger partial charge in [0.15, 0.2) is 5.69 Å². The zero-order valence-corrected chi connectivity index (χ0v) is 7.53. The Morgan fingerprint density at radius 3 is 3.08 bits per heavy atom. The molecule has 0 unspecified atom stereocenters. The molecule has 72 valence electrons. The monoisotopic (exact) mass is 183 g/mol. The van der Waals surface area contributed by atoms with Gasteiger partial charge in [-0.05, 0) is 13.0 Å². The van der Waals surface area contributed by atoms with Crippen molar-refractivity contribution >= 4 is 5.91 Å². The van der Waals surface area contributed by atoms with Crippen LogP contribution in [-0.2, 0) is 0 Å². The maximum Gasteiger partial charge on any atom is 0.275 e.